The Hall–Kier alpha value is -2.00. The summed E-state index contributed by atoms with van der Waals surface area (Å²) in [5.41, 5.74) is 2.30. The van der Waals surface area contributed by atoms with Crippen molar-refractivity contribution in [2.75, 3.05) is 5.32 Å². The van der Waals surface area contributed by atoms with Gasteiger partial charge in [0.15, 0.2) is 11.6 Å². The van der Waals surface area contributed by atoms with Crippen LogP contribution in [0.25, 0.3) is 0 Å². The van der Waals surface area contributed by atoms with Crippen LogP contribution in [0.5, 0.6) is 0 Å². The molecule has 3 nitrogen and oxygen atoms in total. The number of rotatable bonds is 3. The molecule has 0 aliphatic carbocycles. The van der Waals surface area contributed by atoms with E-state index in [1.54, 1.807) is 11.6 Å². The molecule has 6 heteroatoms. The van der Waals surface area contributed by atoms with Gasteiger partial charge in [-0.05, 0) is 19.1 Å². The van der Waals surface area contributed by atoms with E-state index in [-0.39, 0.29) is 11.3 Å². The third-order valence-corrected chi connectivity index (χ3v) is 3.42. The number of anilines is 1. The van der Waals surface area contributed by atoms with Gasteiger partial charge in [0.1, 0.15) is 6.07 Å². The van der Waals surface area contributed by atoms with Crippen LogP contribution in [0.3, 0.4) is 0 Å². The first kappa shape index (κ1) is 12.5. The highest BCUT2D eigenvalue weighted by atomic mass is 32.1. The molecule has 18 heavy (non-hydrogen) atoms. The first-order chi connectivity index (χ1) is 8.63. The van der Waals surface area contributed by atoms with Crippen LogP contribution in [0.15, 0.2) is 17.6 Å². The van der Waals surface area contributed by atoms with Crippen molar-refractivity contribution in [1.82, 2.24) is 4.98 Å². The second kappa shape index (κ2) is 5.10. The van der Waals surface area contributed by atoms with Crippen molar-refractivity contribution >= 4 is 17.0 Å². The Balaban J connectivity index is 2.19. The summed E-state index contributed by atoms with van der Waals surface area (Å²) in [4.78, 5) is 5.02. The zero-order valence-electron chi connectivity index (χ0n) is 9.50. The average molecular weight is 265 g/mol. The predicted molar refractivity (Wildman–Crippen MR) is 65.3 cm³/mol. The number of benzene rings is 1. The number of halogens is 2. The molecule has 0 bridgehead atoms. The standard InChI is InChI=1S/C12H9F2N3S/c1-7-10(18-6-17-7)5-16-9-3-2-8(4-15)11(13)12(9)14/h2-3,6,16H,5H2,1H3. The van der Waals surface area contributed by atoms with Crippen molar-refractivity contribution in [1.29, 1.82) is 5.26 Å². The number of aromatic nitrogens is 1. The highest BCUT2D eigenvalue weighted by molar-refractivity contribution is 7.09. The van der Waals surface area contributed by atoms with Crippen LogP contribution in [0.1, 0.15) is 16.1 Å². The molecule has 0 atom stereocenters. The average Bonchev–Trinajstić information content (AvgIpc) is 2.77. The summed E-state index contributed by atoms with van der Waals surface area (Å²) in [5.74, 6) is -2.15. The van der Waals surface area contributed by atoms with Crippen molar-refractivity contribution < 1.29 is 8.78 Å². The zero-order chi connectivity index (χ0) is 13.1. The zero-order valence-corrected chi connectivity index (χ0v) is 10.3. The molecular weight excluding hydrogens is 256 g/mol. The number of nitriles is 1. The van der Waals surface area contributed by atoms with Crippen LogP contribution in [-0.4, -0.2) is 4.98 Å². The number of thiazole rings is 1. The Bertz CT molecular complexity index is 616. The Kier molecular flexibility index (Phi) is 3.53. The van der Waals surface area contributed by atoms with Crippen molar-refractivity contribution in [3.05, 3.63) is 45.4 Å². The van der Waals surface area contributed by atoms with E-state index in [9.17, 15) is 8.78 Å². The van der Waals surface area contributed by atoms with E-state index < -0.39 is 11.6 Å². The largest absolute Gasteiger partial charge is 0.378 e. The number of aryl methyl sites for hydroxylation is 1. The van der Waals surface area contributed by atoms with E-state index >= 15 is 0 Å². The molecule has 0 spiro atoms. The fourth-order valence-corrected chi connectivity index (χ4v) is 2.16. The van der Waals surface area contributed by atoms with Gasteiger partial charge in [-0.25, -0.2) is 13.8 Å². The number of hydrogen-bond acceptors (Lipinski definition) is 4. The number of nitrogens with one attached hydrogen (secondary N) is 1. The second-order valence-corrected chi connectivity index (χ2v) is 4.55. The monoisotopic (exact) mass is 265 g/mol. The predicted octanol–water partition coefficient (Wildman–Crippen LogP) is 3.21. The van der Waals surface area contributed by atoms with Gasteiger partial charge in [0.25, 0.3) is 0 Å². The Morgan fingerprint density at radius 1 is 1.39 bits per heavy atom. The van der Waals surface area contributed by atoms with E-state index in [1.807, 2.05) is 6.92 Å². The van der Waals surface area contributed by atoms with Gasteiger partial charge in [0, 0.05) is 4.88 Å². The van der Waals surface area contributed by atoms with Gasteiger partial charge in [-0.15, -0.1) is 11.3 Å². The maximum absolute atomic E-state index is 13.6. The Morgan fingerprint density at radius 3 is 2.78 bits per heavy atom. The fourth-order valence-electron chi connectivity index (χ4n) is 1.44. The molecule has 0 fully saturated rings. The lowest BCUT2D eigenvalue weighted by molar-refractivity contribution is 0.508. The first-order valence-electron chi connectivity index (χ1n) is 5.14. The molecule has 0 saturated heterocycles. The van der Waals surface area contributed by atoms with Crippen LogP contribution in [0.4, 0.5) is 14.5 Å². The molecule has 92 valence electrons. The molecule has 0 aliphatic heterocycles. The molecule has 1 N–H and O–H groups in total. The third-order valence-electron chi connectivity index (χ3n) is 2.49. The normalized spacial score (nSPS) is 10.1. The van der Waals surface area contributed by atoms with Crippen LogP contribution < -0.4 is 5.32 Å². The Morgan fingerprint density at radius 2 is 2.17 bits per heavy atom. The third kappa shape index (κ3) is 2.31. The van der Waals surface area contributed by atoms with Crippen LogP contribution in [0, 0.1) is 29.9 Å². The van der Waals surface area contributed by atoms with Crippen LogP contribution in [0.2, 0.25) is 0 Å². The summed E-state index contributed by atoms with van der Waals surface area (Å²) in [7, 11) is 0. The number of hydrogen-bond donors (Lipinski definition) is 1. The van der Waals surface area contributed by atoms with E-state index in [2.05, 4.69) is 10.3 Å². The highest BCUT2D eigenvalue weighted by Gasteiger charge is 2.13. The van der Waals surface area contributed by atoms with E-state index in [0.717, 1.165) is 10.6 Å². The van der Waals surface area contributed by atoms with Gasteiger partial charge in [-0.3, -0.25) is 0 Å². The second-order valence-electron chi connectivity index (χ2n) is 3.61. The summed E-state index contributed by atoms with van der Waals surface area (Å²) >= 11 is 1.44. The fraction of sp³-hybridized carbons (Fsp3) is 0.167. The van der Waals surface area contributed by atoms with Gasteiger partial charge in [0.2, 0.25) is 0 Å². The molecule has 0 saturated carbocycles. The van der Waals surface area contributed by atoms with Crippen LogP contribution in [-0.2, 0) is 6.54 Å². The van der Waals surface area contributed by atoms with Gasteiger partial charge in [0.05, 0.1) is 29.0 Å². The minimum absolute atomic E-state index is 0.0410. The SMILES string of the molecule is Cc1ncsc1CNc1ccc(C#N)c(F)c1F. The lowest BCUT2D eigenvalue weighted by atomic mass is 10.2. The minimum atomic E-state index is -1.12. The van der Waals surface area contributed by atoms with Crippen molar-refractivity contribution in [3.8, 4) is 6.07 Å². The van der Waals surface area contributed by atoms with E-state index in [0.29, 0.717) is 6.54 Å². The smallest absolute Gasteiger partial charge is 0.183 e. The van der Waals surface area contributed by atoms with E-state index in [1.165, 1.54) is 23.5 Å². The van der Waals surface area contributed by atoms with Gasteiger partial charge in [-0.2, -0.15) is 5.26 Å². The highest BCUT2D eigenvalue weighted by Crippen LogP contribution is 2.22. The maximum atomic E-state index is 13.6. The van der Waals surface area contributed by atoms with Crippen molar-refractivity contribution in [2.24, 2.45) is 0 Å². The van der Waals surface area contributed by atoms with Gasteiger partial charge < -0.3 is 5.32 Å². The topological polar surface area (TPSA) is 48.7 Å². The minimum Gasteiger partial charge on any atom is -0.378 e. The lowest BCUT2D eigenvalue weighted by Crippen LogP contribution is -2.03. The summed E-state index contributed by atoms with van der Waals surface area (Å²) in [5, 5.41) is 11.4. The number of nitrogens with zero attached hydrogens (tertiary/aromatic N) is 2. The molecule has 1 heterocycles. The lowest BCUT2D eigenvalue weighted by Gasteiger charge is -2.07. The summed E-state index contributed by atoms with van der Waals surface area (Å²) in [6, 6.07) is 4.20. The van der Waals surface area contributed by atoms with Gasteiger partial charge >= 0.3 is 0 Å². The van der Waals surface area contributed by atoms with E-state index in [4.69, 9.17) is 5.26 Å². The quantitative estimate of drug-likeness (QED) is 0.927. The molecule has 1 aromatic carbocycles. The summed E-state index contributed by atoms with van der Waals surface area (Å²) in [6.45, 7) is 2.22. The Labute approximate surface area is 107 Å². The summed E-state index contributed by atoms with van der Waals surface area (Å²) < 4.78 is 26.9. The van der Waals surface area contributed by atoms with Gasteiger partial charge in [-0.1, -0.05) is 0 Å². The molecule has 0 amide bonds. The molecule has 0 radical (unpaired) electrons. The van der Waals surface area contributed by atoms with Crippen LogP contribution >= 0.6 is 11.3 Å². The molecule has 2 aromatic rings. The molecular formula is C12H9F2N3S. The molecule has 1 aromatic heterocycles. The molecule has 0 aliphatic rings. The molecule has 0 unspecified atom stereocenters. The van der Waals surface area contributed by atoms with Crippen molar-refractivity contribution in [3.63, 3.8) is 0 Å². The first-order valence-corrected chi connectivity index (χ1v) is 6.02. The summed E-state index contributed by atoms with van der Waals surface area (Å²) in [6.07, 6.45) is 0. The maximum Gasteiger partial charge on any atom is 0.183 e. The van der Waals surface area contributed by atoms with Crippen molar-refractivity contribution in [2.45, 2.75) is 13.5 Å². The molecule has 2 rings (SSSR count).